The minimum absolute atomic E-state index is 0.122. The first-order valence-corrected chi connectivity index (χ1v) is 5.19. The van der Waals surface area contributed by atoms with Crippen LogP contribution in [0.5, 0.6) is 5.88 Å². The molecule has 1 heterocycles. The summed E-state index contributed by atoms with van der Waals surface area (Å²) < 4.78 is 4.96. The normalized spacial score (nSPS) is 18.3. The number of rotatable bonds is 4. The molecule has 0 saturated heterocycles. The van der Waals surface area contributed by atoms with Gasteiger partial charge in [0.25, 0.3) is 0 Å². The third kappa shape index (κ3) is 2.08. The van der Waals surface area contributed by atoms with Crippen molar-refractivity contribution in [1.82, 2.24) is 15.6 Å². The molecule has 0 aromatic carbocycles. The van der Waals surface area contributed by atoms with Crippen molar-refractivity contribution >= 4 is 0 Å². The highest BCUT2D eigenvalue weighted by molar-refractivity contribution is 5.15. The Balaban J connectivity index is 2.11. The second-order valence-electron chi connectivity index (χ2n) is 3.84. The van der Waals surface area contributed by atoms with Gasteiger partial charge in [-0.05, 0) is 24.8 Å². The molecule has 5 nitrogen and oxygen atoms in total. The molecular weight excluding hydrogens is 192 g/mol. The van der Waals surface area contributed by atoms with E-state index in [4.69, 9.17) is 10.6 Å². The molecular formula is C10H16N4O. The summed E-state index contributed by atoms with van der Waals surface area (Å²) in [6, 6.07) is 3.84. The lowest BCUT2D eigenvalue weighted by atomic mass is 9.79. The number of hydrazine groups is 1. The van der Waals surface area contributed by atoms with E-state index in [-0.39, 0.29) is 6.04 Å². The molecule has 1 fully saturated rings. The number of nitrogens with two attached hydrogens (primary N) is 1. The van der Waals surface area contributed by atoms with Gasteiger partial charge in [0.2, 0.25) is 5.88 Å². The largest absolute Gasteiger partial charge is 0.480 e. The van der Waals surface area contributed by atoms with Crippen LogP contribution in [0.3, 0.4) is 0 Å². The summed E-state index contributed by atoms with van der Waals surface area (Å²) in [4.78, 5) is 0. The first-order valence-electron chi connectivity index (χ1n) is 5.19. The van der Waals surface area contributed by atoms with Crippen LogP contribution in [-0.4, -0.2) is 17.3 Å². The smallest absolute Gasteiger partial charge is 0.233 e. The summed E-state index contributed by atoms with van der Waals surface area (Å²) >= 11 is 0. The summed E-state index contributed by atoms with van der Waals surface area (Å²) in [6.07, 6.45) is 3.71. The molecule has 1 aliphatic carbocycles. The topological polar surface area (TPSA) is 73.1 Å². The van der Waals surface area contributed by atoms with Gasteiger partial charge in [-0.15, -0.1) is 5.10 Å². The lowest BCUT2D eigenvalue weighted by molar-refractivity contribution is 0.227. The van der Waals surface area contributed by atoms with Gasteiger partial charge in [-0.25, -0.2) is 0 Å². The predicted octanol–water partition coefficient (Wildman–Crippen LogP) is 0.790. The molecule has 5 heteroatoms. The number of hydrogen-bond acceptors (Lipinski definition) is 5. The molecule has 2 rings (SSSR count). The van der Waals surface area contributed by atoms with Crippen LogP contribution < -0.4 is 16.0 Å². The van der Waals surface area contributed by atoms with Gasteiger partial charge in [0.05, 0.1) is 18.8 Å². The number of hydrogen-bond donors (Lipinski definition) is 2. The molecule has 0 radical (unpaired) electrons. The molecule has 1 aromatic rings. The van der Waals surface area contributed by atoms with Crippen LogP contribution >= 0.6 is 0 Å². The maximum absolute atomic E-state index is 5.54. The third-order valence-corrected chi connectivity index (χ3v) is 2.99. The molecule has 15 heavy (non-hydrogen) atoms. The second kappa shape index (κ2) is 4.55. The minimum atomic E-state index is 0.122. The van der Waals surface area contributed by atoms with E-state index < -0.39 is 0 Å². The first-order chi connectivity index (χ1) is 7.35. The second-order valence-corrected chi connectivity index (χ2v) is 3.84. The van der Waals surface area contributed by atoms with E-state index in [2.05, 4.69) is 15.6 Å². The zero-order valence-electron chi connectivity index (χ0n) is 8.81. The Kier molecular flexibility index (Phi) is 3.13. The zero-order chi connectivity index (χ0) is 10.7. The number of aromatic nitrogens is 2. The van der Waals surface area contributed by atoms with Crippen LogP contribution in [0.4, 0.5) is 0 Å². The van der Waals surface area contributed by atoms with Crippen LogP contribution in [0, 0.1) is 5.92 Å². The van der Waals surface area contributed by atoms with Crippen LogP contribution in [0.2, 0.25) is 0 Å². The summed E-state index contributed by atoms with van der Waals surface area (Å²) in [5, 5.41) is 8.05. The molecule has 1 aliphatic rings. The molecule has 3 N–H and O–H groups in total. The SMILES string of the molecule is COc1ccc(C(NN)C2CCC2)nn1. The van der Waals surface area contributed by atoms with Gasteiger partial charge >= 0.3 is 0 Å². The van der Waals surface area contributed by atoms with Crippen LogP contribution in [0.25, 0.3) is 0 Å². The van der Waals surface area contributed by atoms with Gasteiger partial charge in [0, 0.05) is 6.07 Å². The Labute approximate surface area is 89.0 Å². The van der Waals surface area contributed by atoms with E-state index >= 15 is 0 Å². The number of methoxy groups -OCH3 is 1. The first kappa shape index (κ1) is 10.3. The molecule has 1 aromatic heterocycles. The Morgan fingerprint density at radius 3 is 2.67 bits per heavy atom. The fraction of sp³-hybridized carbons (Fsp3) is 0.600. The standard InChI is InChI=1S/C10H16N4O/c1-15-9-6-5-8(13-14-9)10(12-11)7-3-2-4-7/h5-7,10,12H,2-4,11H2,1H3. The van der Waals surface area contributed by atoms with Crippen molar-refractivity contribution in [2.45, 2.75) is 25.3 Å². The fourth-order valence-corrected chi connectivity index (χ4v) is 1.84. The minimum Gasteiger partial charge on any atom is -0.480 e. The summed E-state index contributed by atoms with van der Waals surface area (Å²) in [7, 11) is 1.58. The Bertz CT molecular complexity index is 310. The summed E-state index contributed by atoms with van der Waals surface area (Å²) in [6.45, 7) is 0. The molecule has 0 spiro atoms. The number of nitrogens with zero attached hydrogens (tertiary/aromatic N) is 2. The molecule has 82 valence electrons. The van der Waals surface area contributed by atoms with Crippen molar-refractivity contribution in [3.05, 3.63) is 17.8 Å². The highest BCUT2D eigenvalue weighted by Crippen LogP contribution is 2.36. The van der Waals surface area contributed by atoms with Crippen molar-refractivity contribution in [2.75, 3.05) is 7.11 Å². The van der Waals surface area contributed by atoms with E-state index in [1.54, 1.807) is 7.11 Å². The van der Waals surface area contributed by atoms with Gasteiger partial charge in [0.1, 0.15) is 0 Å². The zero-order valence-corrected chi connectivity index (χ0v) is 8.81. The van der Waals surface area contributed by atoms with E-state index in [0.717, 1.165) is 5.69 Å². The highest BCUT2D eigenvalue weighted by Gasteiger charge is 2.28. The predicted molar refractivity (Wildman–Crippen MR) is 56.0 cm³/mol. The Morgan fingerprint density at radius 2 is 2.27 bits per heavy atom. The molecule has 0 amide bonds. The van der Waals surface area contributed by atoms with Crippen molar-refractivity contribution in [2.24, 2.45) is 11.8 Å². The highest BCUT2D eigenvalue weighted by atomic mass is 16.5. The summed E-state index contributed by atoms with van der Waals surface area (Å²) in [5.41, 5.74) is 3.71. The van der Waals surface area contributed by atoms with Crippen molar-refractivity contribution < 1.29 is 4.74 Å². The lowest BCUT2D eigenvalue weighted by Gasteiger charge is -2.32. The van der Waals surface area contributed by atoms with E-state index in [1.165, 1.54) is 19.3 Å². The third-order valence-electron chi connectivity index (χ3n) is 2.99. The molecule has 1 saturated carbocycles. The van der Waals surface area contributed by atoms with E-state index in [9.17, 15) is 0 Å². The van der Waals surface area contributed by atoms with E-state index in [0.29, 0.717) is 11.8 Å². The molecule has 1 unspecified atom stereocenters. The fourth-order valence-electron chi connectivity index (χ4n) is 1.84. The van der Waals surface area contributed by atoms with Crippen molar-refractivity contribution in [3.8, 4) is 5.88 Å². The van der Waals surface area contributed by atoms with Crippen LogP contribution in [0.15, 0.2) is 12.1 Å². The number of ether oxygens (including phenoxy) is 1. The Morgan fingerprint density at radius 1 is 1.47 bits per heavy atom. The average Bonchev–Trinajstić information content (AvgIpc) is 2.23. The van der Waals surface area contributed by atoms with Gasteiger partial charge in [-0.1, -0.05) is 6.42 Å². The maximum Gasteiger partial charge on any atom is 0.233 e. The molecule has 1 atom stereocenters. The van der Waals surface area contributed by atoms with Crippen molar-refractivity contribution in [3.63, 3.8) is 0 Å². The van der Waals surface area contributed by atoms with Gasteiger partial charge in [0.15, 0.2) is 0 Å². The molecule has 0 bridgehead atoms. The Hall–Kier alpha value is -1.20. The monoisotopic (exact) mass is 208 g/mol. The van der Waals surface area contributed by atoms with Gasteiger partial charge in [-0.3, -0.25) is 11.3 Å². The van der Waals surface area contributed by atoms with Gasteiger partial charge in [-0.2, -0.15) is 5.10 Å². The van der Waals surface area contributed by atoms with Gasteiger partial charge < -0.3 is 4.74 Å². The average molecular weight is 208 g/mol. The number of nitrogens with one attached hydrogen (secondary N) is 1. The quantitative estimate of drug-likeness (QED) is 0.565. The van der Waals surface area contributed by atoms with E-state index in [1.807, 2.05) is 12.1 Å². The molecule has 0 aliphatic heterocycles. The lowest BCUT2D eigenvalue weighted by Crippen LogP contribution is -2.37. The van der Waals surface area contributed by atoms with Crippen LogP contribution in [0.1, 0.15) is 31.0 Å². The summed E-state index contributed by atoms with van der Waals surface area (Å²) in [5.74, 6) is 6.66. The maximum atomic E-state index is 5.54. The van der Waals surface area contributed by atoms with Crippen molar-refractivity contribution in [1.29, 1.82) is 0 Å². The van der Waals surface area contributed by atoms with Crippen LogP contribution in [-0.2, 0) is 0 Å².